The Morgan fingerprint density at radius 2 is 1.74 bits per heavy atom. The molecule has 0 aliphatic rings. The van der Waals surface area contributed by atoms with Crippen LogP contribution >= 0.6 is 0 Å². The van der Waals surface area contributed by atoms with Crippen molar-refractivity contribution in [2.24, 2.45) is 0 Å². The van der Waals surface area contributed by atoms with E-state index in [1.165, 1.54) is 6.07 Å². The zero-order chi connectivity index (χ0) is 14.0. The molecule has 0 fully saturated rings. The second kappa shape index (κ2) is 5.48. The zero-order valence-corrected chi connectivity index (χ0v) is 10.6. The molecule has 0 spiro atoms. The lowest BCUT2D eigenvalue weighted by molar-refractivity contribution is 0.466. The summed E-state index contributed by atoms with van der Waals surface area (Å²) < 4.78 is 45.3. The molecule has 2 rings (SSSR count). The third-order valence-corrected chi connectivity index (χ3v) is 2.60. The summed E-state index contributed by atoms with van der Waals surface area (Å²) in [6, 6.07) is 4.64. The molecule has 0 radical (unpaired) electrons. The lowest BCUT2D eigenvalue weighted by atomic mass is 10.1. The Balaban J connectivity index is 2.28. The van der Waals surface area contributed by atoms with Crippen molar-refractivity contribution >= 4 is 0 Å². The Labute approximate surface area is 109 Å². The molecular formula is C14H14F3NO. The number of hydrogen-bond donors (Lipinski definition) is 1. The Morgan fingerprint density at radius 1 is 1.11 bits per heavy atom. The molecule has 0 atom stereocenters. The molecule has 5 heteroatoms. The molecule has 102 valence electrons. The van der Waals surface area contributed by atoms with Gasteiger partial charge in [0.25, 0.3) is 0 Å². The SMILES string of the molecule is CC(C)NCc1ccc(-c2c(F)cc(F)cc2F)o1. The number of halogens is 3. The Kier molecular flexibility index (Phi) is 3.95. The summed E-state index contributed by atoms with van der Waals surface area (Å²) in [5.74, 6) is -2.29. The third kappa shape index (κ3) is 3.17. The van der Waals surface area contributed by atoms with E-state index in [2.05, 4.69) is 5.32 Å². The average Bonchev–Trinajstić information content (AvgIpc) is 2.73. The highest BCUT2D eigenvalue weighted by Crippen LogP contribution is 2.28. The topological polar surface area (TPSA) is 25.2 Å². The van der Waals surface area contributed by atoms with Gasteiger partial charge in [0, 0.05) is 18.2 Å². The van der Waals surface area contributed by atoms with Gasteiger partial charge >= 0.3 is 0 Å². The minimum atomic E-state index is -0.977. The molecule has 1 N–H and O–H groups in total. The molecule has 0 bridgehead atoms. The van der Waals surface area contributed by atoms with Crippen LogP contribution in [0.25, 0.3) is 11.3 Å². The van der Waals surface area contributed by atoms with Gasteiger partial charge in [0.15, 0.2) is 0 Å². The molecule has 0 unspecified atom stereocenters. The van der Waals surface area contributed by atoms with Crippen molar-refractivity contribution in [2.75, 3.05) is 0 Å². The van der Waals surface area contributed by atoms with Crippen molar-refractivity contribution < 1.29 is 17.6 Å². The highest BCUT2D eigenvalue weighted by Gasteiger charge is 2.16. The molecule has 19 heavy (non-hydrogen) atoms. The van der Waals surface area contributed by atoms with Crippen LogP contribution in [0.3, 0.4) is 0 Å². The fourth-order valence-corrected chi connectivity index (χ4v) is 1.69. The summed E-state index contributed by atoms with van der Waals surface area (Å²) in [4.78, 5) is 0. The molecule has 0 amide bonds. The van der Waals surface area contributed by atoms with Gasteiger partial charge in [-0.3, -0.25) is 0 Å². The summed E-state index contributed by atoms with van der Waals surface area (Å²) in [7, 11) is 0. The molecule has 0 aliphatic heterocycles. The van der Waals surface area contributed by atoms with E-state index in [1.54, 1.807) is 6.07 Å². The maximum atomic E-state index is 13.6. The van der Waals surface area contributed by atoms with Crippen molar-refractivity contribution in [2.45, 2.75) is 26.4 Å². The van der Waals surface area contributed by atoms with E-state index >= 15 is 0 Å². The second-order valence-corrected chi connectivity index (χ2v) is 4.55. The summed E-state index contributed by atoms with van der Waals surface area (Å²) in [6.45, 7) is 4.41. The van der Waals surface area contributed by atoms with Gasteiger partial charge in [-0.15, -0.1) is 0 Å². The number of rotatable bonds is 4. The highest BCUT2D eigenvalue weighted by atomic mass is 19.1. The van der Waals surface area contributed by atoms with Gasteiger partial charge in [-0.1, -0.05) is 13.8 Å². The first-order valence-corrected chi connectivity index (χ1v) is 5.94. The van der Waals surface area contributed by atoms with Gasteiger partial charge in [0.2, 0.25) is 0 Å². The maximum Gasteiger partial charge on any atom is 0.140 e. The van der Waals surface area contributed by atoms with Crippen LogP contribution in [0.4, 0.5) is 13.2 Å². The van der Waals surface area contributed by atoms with Gasteiger partial charge in [-0.25, -0.2) is 13.2 Å². The van der Waals surface area contributed by atoms with Crippen LogP contribution in [-0.4, -0.2) is 6.04 Å². The van der Waals surface area contributed by atoms with Crippen molar-refractivity contribution in [1.29, 1.82) is 0 Å². The average molecular weight is 269 g/mol. The maximum absolute atomic E-state index is 13.6. The van der Waals surface area contributed by atoms with E-state index in [1.807, 2.05) is 13.8 Å². The van der Waals surface area contributed by atoms with E-state index in [0.29, 0.717) is 24.4 Å². The van der Waals surface area contributed by atoms with E-state index < -0.39 is 17.5 Å². The summed E-state index contributed by atoms with van der Waals surface area (Å²) >= 11 is 0. The predicted octanol–water partition coefficient (Wildman–Crippen LogP) is 3.86. The molecular weight excluding hydrogens is 255 g/mol. The zero-order valence-electron chi connectivity index (χ0n) is 10.6. The van der Waals surface area contributed by atoms with E-state index in [4.69, 9.17) is 4.42 Å². The molecule has 1 aromatic carbocycles. The smallest absolute Gasteiger partial charge is 0.140 e. The second-order valence-electron chi connectivity index (χ2n) is 4.55. The number of nitrogens with one attached hydrogen (secondary N) is 1. The van der Waals surface area contributed by atoms with Crippen LogP contribution in [-0.2, 0) is 6.54 Å². The van der Waals surface area contributed by atoms with Crippen LogP contribution in [0.1, 0.15) is 19.6 Å². The highest BCUT2D eigenvalue weighted by molar-refractivity contribution is 5.59. The van der Waals surface area contributed by atoms with Gasteiger partial charge in [-0.05, 0) is 12.1 Å². The first-order valence-electron chi connectivity index (χ1n) is 5.94. The third-order valence-electron chi connectivity index (χ3n) is 2.60. The van der Waals surface area contributed by atoms with Gasteiger partial charge in [0.1, 0.15) is 29.0 Å². The fraction of sp³-hybridized carbons (Fsp3) is 0.286. The van der Waals surface area contributed by atoms with Crippen LogP contribution in [0, 0.1) is 17.5 Å². The number of furan rings is 1. The molecule has 0 aliphatic carbocycles. The van der Waals surface area contributed by atoms with Crippen molar-refractivity contribution in [3.05, 3.63) is 47.5 Å². The van der Waals surface area contributed by atoms with Crippen LogP contribution < -0.4 is 5.32 Å². The van der Waals surface area contributed by atoms with Crippen molar-refractivity contribution in [3.63, 3.8) is 0 Å². The molecule has 1 aromatic heterocycles. The van der Waals surface area contributed by atoms with Crippen LogP contribution in [0.2, 0.25) is 0 Å². The summed E-state index contributed by atoms with van der Waals surface area (Å²) in [5.41, 5.74) is -0.350. The van der Waals surface area contributed by atoms with Gasteiger partial charge in [-0.2, -0.15) is 0 Å². The standard InChI is InChI=1S/C14H14F3NO/c1-8(2)18-7-10-3-4-13(19-10)14-11(16)5-9(15)6-12(14)17/h3-6,8,18H,7H2,1-2H3. The summed E-state index contributed by atoms with van der Waals surface area (Å²) in [5, 5.41) is 3.12. The molecule has 2 nitrogen and oxygen atoms in total. The number of benzene rings is 1. The quantitative estimate of drug-likeness (QED) is 0.911. The largest absolute Gasteiger partial charge is 0.460 e. The minimum Gasteiger partial charge on any atom is -0.460 e. The minimum absolute atomic E-state index is 0.0514. The molecule has 0 saturated heterocycles. The van der Waals surface area contributed by atoms with Crippen molar-refractivity contribution in [1.82, 2.24) is 5.32 Å². The lowest BCUT2D eigenvalue weighted by Gasteiger charge is -2.05. The Bertz CT molecular complexity index is 555. The monoisotopic (exact) mass is 269 g/mol. The molecule has 1 heterocycles. The van der Waals surface area contributed by atoms with Gasteiger partial charge < -0.3 is 9.73 Å². The van der Waals surface area contributed by atoms with Crippen LogP contribution in [0.5, 0.6) is 0 Å². The fourth-order valence-electron chi connectivity index (χ4n) is 1.69. The normalized spacial score (nSPS) is 11.3. The van der Waals surface area contributed by atoms with E-state index in [-0.39, 0.29) is 17.4 Å². The molecule has 0 saturated carbocycles. The lowest BCUT2D eigenvalue weighted by Crippen LogP contribution is -2.21. The first-order chi connectivity index (χ1) is 8.97. The Morgan fingerprint density at radius 3 is 2.32 bits per heavy atom. The summed E-state index contributed by atoms with van der Waals surface area (Å²) in [6.07, 6.45) is 0. The Hall–Kier alpha value is -1.75. The van der Waals surface area contributed by atoms with Crippen LogP contribution in [0.15, 0.2) is 28.7 Å². The van der Waals surface area contributed by atoms with Crippen molar-refractivity contribution in [3.8, 4) is 11.3 Å². The molecule has 2 aromatic rings. The first kappa shape index (κ1) is 13.7. The van der Waals surface area contributed by atoms with E-state index in [0.717, 1.165) is 0 Å². The predicted molar refractivity (Wildman–Crippen MR) is 66.0 cm³/mol. The van der Waals surface area contributed by atoms with E-state index in [9.17, 15) is 13.2 Å². The number of hydrogen-bond acceptors (Lipinski definition) is 2. The van der Waals surface area contributed by atoms with Gasteiger partial charge in [0.05, 0.1) is 12.1 Å².